The first-order valence-corrected chi connectivity index (χ1v) is 27.6. The van der Waals surface area contributed by atoms with Gasteiger partial charge in [0.1, 0.15) is 30.7 Å². The van der Waals surface area contributed by atoms with Crippen molar-refractivity contribution >= 4 is 94.7 Å². The topological polar surface area (TPSA) is 471 Å². The van der Waals surface area contributed by atoms with Gasteiger partial charge in [-0.3, -0.25) is 28.4 Å². The highest BCUT2D eigenvalue weighted by atomic mass is 19.1. The number of carboxylic acids is 6. The summed E-state index contributed by atoms with van der Waals surface area (Å²) >= 11 is 0. The third-order valence-corrected chi connectivity index (χ3v) is 13.9. The highest BCUT2D eigenvalue weighted by Crippen LogP contribution is 2.22. The zero-order chi connectivity index (χ0) is 64.9. The number of nitrogens with zero attached hydrogens (tertiary/aromatic N) is 7. The Morgan fingerprint density at radius 2 is 0.865 bits per heavy atom. The molecule has 4 atom stereocenters. The Labute approximate surface area is 504 Å². The van der Waals surface area contributed by atoms with E-state index in [2.05, 4.69) is 47.5 Å². The van der Waals surface area contributed by atoms with E-state index in [0.717, 1.165) is 0 Å². The number of carbonyl (C=O) groups excluding carboxylic acids is 7. The Balaban J connectivity index is 1.04. The van der Waals surface area contributed by atoms with Crippen LogP contribution in [-0.4, -0.2) is 226 Å². The highest BCUT2D eigenvalue weighted by Gasteiger charge is 2.31. The molecule has 4 aromatic rings. The lowest BCUT2D eigenvalue weighted by atomic mass is 10.1. The molecule has 34 heteroatoms. The molecule has 2 saturated heterocycles. The zero-order valence-corrected chi connectivity index (χ0v) is 47.5. The molecule has 1 unspecified atom stereocenters. The molecule has 1 aromatic heterocycles. The number of urea groups is 4. The van der Waals surface area contributed by atoms with Crippen molar-refractivity contribution in [3.63, 3.8) is 0 Å². The number of hydrogen-bond donors (Lipinski definition) is 13. The number of aryl methyl sites for hydroxylation is 1. The van der Waals surface area contributed by atoms with Crippen LogP contribution in [-0.2, 0) is 59.4 Å². The van der Waals surface area contributed by atoms with Gasteiger partial charge in [-0.15, -0.1) is 5.10 Å². The van der Waals surface area contributed by atoms with Gasteiger partial charge in [0.2, 0.25) is 5.91 Å². The quantitative estimate of drug-likeness (QED) is 0.0377. The average molecular weight is 1250 g/mol. The van der Waals surface area contributed by atoms with Gasteiger partial charge in [0.25, 0.3) is 11.8 Å². The first kappa shape index (κ1) is 67.2. The molecular weight excluding hydrogens is 1180 g/mol. The van der Waals surface area contributed by atoms with Gasteiger partial charge in [-0.25, -0.2) is 43.0 Å². The number of aromatic nitrogens is 3. The summed E-state index contributed by atoms with van der Waals surface area (Å²) in [5.74, 6) is -10.2. The lowest BCUT2D eigenvalue weighted by molar-refractivity contribution is -0.142. The van der Waals surface area contributed by atoms with Crippen molar-refractivity contribution in [3.8, 4) is 0 Å². The molecule has 11 amide bonds. The Morgan fingerprint density at radius 1 is 0.483 bits per heavy atom. The lowest BCUT2D eigenvalue weighted by Crippen LogP contribution is -2.52. The van der Waals surface area contributed by atoms with E-state index in [-0.39, 0.29) is 95.0 Å². The summed E-state index contributed by atoms with van der Waals surface area (Å²) in [5.41, 5.74) is 2.01. The van der Waals surface area contributed by atoms with Crippen LogP contribution in [0.3, 0.4) is 0 Å². The van der Waals surface area contributed by atoms with Gasteiger partial charge >= 0.3 is 59.9 Å². The average Bonchev–Trinajstić information content (AvgIpc) is 1.97. The lowest BCUT2D eigenvalue weighted by Gasteiger charge is -2.35. The number of alkyl halides is 1. The second kappa shape index (κ2) is 32.0. The van der Waals surface area contributed by atoms with E-state index in [1.54, 1.807) is 0 Å². The summed E-state index contributed by atoms with van der Waals surface area (Å²) < 4.78 is 14.0. The number of nitrogens with one attached hydrogen (secondary N) is 7. The van der Waals surface area contributed by atoms with E-state index in [0.29, 0.717) is 34.6 Å². The van der Waals surface area contributed by atoms with E-state index in [4.69, 9.17) is 10.2 Å². The first-order valence-electron chi connectivity index (χ1n) is 27.6. The van der Waals surface area contributed by atoms with Crippen LogP contribution in [0.5, 0.6) is 0 Å². The number of halogens is 1. The summed E-state index contributed by atoms with van der Waals surface area (Å²) in [6.45, 7) is -0.482. The largest absolute Gasteiger partial charge is 0.481 e. The van der Waals surface area contributed by atoms with Crippen molar-refractivity contribution in [2.45, 2.75) is 82.1 Å². The molecule has 0 saturated carbocycles. The number of rotatable bonds is 28. The maximum absolute atomic E-state index is 14.2. The van der Waals surface area contributed by atoms with Gasteiger partial charge in [0, 0.05) is 112 Å². The number of carboxylic acid groups (broad SMARTS) is 6. The van der Waals surface area contributed by atoms with E-state index < -0.39 is 134 Å². The van der Waals surface area contributed by atoms with Gasteiger partial charge in [0.15, 0.2) is 0 Å². The molecule has 2 aliphatic heterocycles. The fourth-order valence-electron chi connectivity index (χ4n) is 9.15. The monoisotopic (exact) mass is 1240 g/mol. The van der Waals surface area contributed by atoms with Crippen LogP contribution in [0.4, 0.5) is 40.6 Å². The smallest absolute Gasteiger partial charge is 0.326 e. The number of aliphatic carboxylic acids is 6. The van der Waals surface area contributed by atoms with Gasteiger partial charge in [-0.05, 0) is 79.3 Å². The molecule has 0 radical (unpaired) electrons. The number of anilines is 3. The van der Waals surface area contributed by atoms with Crippen LogP contribution in [0.2, 0.25) is 0 Å². The number of piperazine rings is 2. The zero-order valence-electron chi connectivity index (χ0n) is 47.5. The van der Waals surface area contributed by atoms with E-state index in [1.165, 1.54) is 97.2 Å². The van der Waals surface area contributed by atoms with Crippen molar-refractivity contribution < 1.29 is 97.4 Å². The Kier molecular flexibility index (Phi) is 24.1. The van der Waals surface area contributed by atoms with Crippen molar-refractivity contribution in [1.29, 1.82) is 0 Å². The summed E-state index contributed by atoms with van der Waals surface area (Å²) in [4.78, 5) is 168. The van der Waals surface area contributed by atoms with Crippen LogP contribution >= 0.6 is 0 Å². The molecule has 13 N–H and O–H groups in total. The molecule has 0 aliphatic carbocycles. The first-order chi connectivity index (χ1) is 42.3. The Hall–Kier alpha value is -11.0. The third-order valence-electron chi connectivity index (χ3n) is 13.9. The minimum atomic E-state index is -1.59. The molecule has 3 aromatic carbocycles. The van der Waals surface area contributed by atoms with E-state index in [9.17, 15) is 87.1 Å². The summed E-state index contributed by atoms with van der Waals surface area (Å²) in [7, 11) is 0. The van der Waals surface area contributed by atoms with Gasteiger partial charge in [-0.1, -0.05) is 29.5 Å². The second-order valence-electron chi connectivity index (χ2n) is 20.4. The number of hydrogen-bond acceptors (Lipinski definition) is 15. The van der Waals surface area contributed by atoms with Crippen molar-refractivity contribution in [2.75, 3.05) is 75.0 Å². The van der Waals surface area contributed by atoms with E-state index >= 15 is 0 Å². The van der Waals surface area contributed by atoms with Crippen molar-refractivity contribution in [2.24, 2.45) is 0 Å². The van der Waals surface area contributed by atoms with Crippen molar-refractivity contribution in [1.82, 2.24) is 55.9 Å². The molecule has 0 spiro atoms. The fraction of sp³-hybridized carbons (Fsp3) is 0.400. The van der Waals surface area contributed by atoms with Crippen LogP contribution in [0.25, 0.3) is 0 Å². The summed E-state index contributed by atoms with van der Waals surface area (Å²) in [6.07, 6.45) is -0.520. The predicted octanol–water partition coefficient (Wildman–Crippen LogP) is 1.02. The molecule has 6 rings (SSSR count). The summed E-state index contributed by atoms with van der Waals surface area (Å²) in [5, 5.41) is 80.4. The number of carbonyl (C=O) groups is 13. The van der Waals surface area contributed by atoms with Gasteiger partial charge in [0.05, 0.1) is 12.4 Å². The molecule has 2 aliphatic rings. The molecular formula is C55H65FN14O19. The Morgan fingerprint density at radius 3 is 1.24 bits per heavy atom. The minimum absolute atomic E-state index is 0.0164. The van der Waals surface area contributed by atoms with Crippen LogP contribution in [0, 0.1) is 0 Å². The van der Waals surface area contributed by atoms with Crippen LogP contribution in [0.1, 0.15) is 69.6 Å². The predicted molar refractivity (Wildman–Crippen MR) is 305 cm³/mol. The maximum Gasteiger partial charge on any atom is 0.326 e. The Bertz CT molecular complexity index is 3100. The second-order valence-corrected chi connectivity index (χ2v) is 20.4. The standard InChI is InChI=1S/C55H65FN14O19/c56-15-1-2-37-29-70(65-64-37)30-43(71)57-38-27-33(46(76)66-16-20-68(21-17-66)54(88)58-35-7-3-31(4-8-35)24-41(50(82)83)62-52(86)60-39(48(78)79)11-13-44(72)73)26-34(28-38)47(77)67-18-22-69(23-19-67)55(89)59-36-9-5-32(6-10-36)25-42(51(84)85)63-53(87)61-40(49(80)81)12-14-45(74)75/h3-10,26-29,39-42H,1-2,11-25,30H2,(H,57,71)(H,58,88)(H,59,89)(H,72,73)(H,74,75)(H,78,79)(H,80,81)(H,82,83)(H,84,85)(H2,60,62,86)(H2,61,63,87)/t39-,40-,41-,42?/m0/s1. The molecule has 89 heavy (non-hydrogen) atoms. The SMILES string of the molecule is O=C(O)CC[C@H](NC(=O)NC(Cc1ccc(NC(=O)N2CCN(C(=O)c3cc(NC(=O)Cn4cc(CCCF)nn4)cc(C(=O)N4CCN(C(=O)Nc5ccc(C[C@H](NC(=O)N[C@@H](CCC(=O)O)C(=O)O)C(=O)O)cc5)CC4)c3)CC2)cc1)C(=O)O)C(=O)O. The normalized spacial score (nSPS) is 14.3. The molecule has 476 valence electrons. The molecule has 3 heterocycles. The molecule has 33 nitrogen and oxygen atoms in total. The van der Waals surface area contributed by atoms with E-state index in [1.807, 2.05) is 0 Å². The van der Waals surface area contributed by atoms with Crippen molar-refractivity contribution in [3.05, 3.63) is 101 Å². The molecule has 2 fully saturated rings. The maximum atomic E-state index is 14.2. The number of benzene rings is 3. The van der Waals surface area contributed by atoms with Gasteiger partial charge < -0.3 is 87.5 Å². The highest BCUT2D eigenvalue weighted by molar-refractivity contribution is 6.03. The van der Waals surface area contributed by atoms with Crippen LogP contribution < -0.4 is 37.2 Å². The van der Waals surface area contributed by atoms with Gasteiger partial charge in [-0.2, -0.15) is 0 Å². The van der Waals surface area contributed by atoms with Crippen LogP contribution in [0.15, 0.2) is 72.9 Å². The minimum Gasteiger partial charge on any atom is -0.481 e. The third kappa shape index (κ3) is 20.9. The fourth-order valence-corrected chi connectivity index (χ4v) is 9.15. The summed E-state index contributed by atoms with van der Waals surface area (Å²) in [6, 6.07) is 6.49. The molecule has 0 bridgehead atoms. The number of amides is 11.